The molecule has 1 amide bonds. The van der Waals surface area contributed by atoms with Crippen LogP contribution in [0.25, 0.3) is 0 Å². The molecule has 3 rings (SSSR count). The summed E-state index contributed by atoms with van der Waals surface area (Å²) in [5, 5.41) is 6.61. The number of anilines is 2. The lowest BCUT2D eigenvalue weighted by molar-refractivity contribution is 0.102. The summed E-state index contributed by atoms with van der Waals surface area (Å²) >= 11 is 6.07. The standard InChI is InChI=1S/C19H23ClN4O2/c1-26-17-9-8-14(10-15(17)20)24-19(25)16-11-22-18(12-21-16)23-13-6-4-2-3-5-7-13/h8-13H,2-7H2,1H3,(H,22,23)(H,24,25). The van der Waals surface area contributed by atoms with Crippen molar-refractivity contribution in [2.45, 2.75) is 44.6 Å². The Morgan fingerprint density at radius 2 is 1.92 bits per heavy atom. The number of nitrogens with one attached hydrogen (secondary N) is 2. The number of carbonyl (C=O) groups is 1. The van der Waals surface area contributed by atoms with Gasteiger partial charge >= 0.3 is 0 Å². The van der Waals surface area contributed by atoms with E-state index >= 15 is 0 Å². The Morgan fingerprint density at radius 1 is 1.15 bits per heavy atom. The number of hydrogen-bond acceptors (Lipinski definition) is 5. The number of ether oxygens (including phenoxy) is 1. The maximum absolute atomic E-state index is 12.3. The Kier molecular flexibility index (Phi) is 6.28. The number of halogens is 1. The van der Waals surface area contributed by atoms with Crippen molar-refractivity contribution >= 4 is 29.0 Å². The highest BCUT2D eigenvalue weighted by molar-refractivity contribution is 6.32. The van der Waals surface area contributed by atoms with Crippen molar-refractivity contribution in [2.24, 2.45) is 0 Å². The molecule has 1 heterocycles. The van der Waals surface area contributed by atoms with Crippen LogP contribution < -0.4 is 15.4 Å². The van der Waals surface area contributed by atoms with E-state index in [1.165, 1.54) is 31.9 Å². The lowest BCUT2D eigenvalue weighted by atomic mass is 10.1. The van der Waals surface area contributed by atoms with Crippen molar-refractivity contribution in [3.8, 4) is 5.75 Å². The van der Waals surface area contributed by atoms with Gasteiger partial charge in [-0.1, -0.05) is 37.3 Å². The predicted octanol–water partition coefficient (Wildman–Crippen LogP) is 4.53. The van der Waals surface area contributed by atoms with E-state index in [1.54, 1.807) is 31.5 Å². The minimum absolute atomic E-state index is 0.253. The first kappa shape index (κ1) is 18.5. The Hall–Kier alpha value is -2.34. The summed E-state index contributed by atoms with van der Waals surface area (Å²) in [6.07, 6.45) is 10.5. The Labute approximate surface area is 158 Å². The van der Waals surface area contributed by atoms with E-state index in [0.717, 1.165) is 12.8 Å². The first-order valence-electron chi connectivity index (χ1n) is 8.89. The van der Waals surface area contributed by atoms with E-state index in [1.807, 2.05) is 0 Å². The lowest BCUT2D eigenvalue weighted by Crippen LogP contribution is -2.20. The fraction of sp³-hybridized carbons (Fsp3) is 0.421. The fourth-order valence-electron chi connectivity index (χ4n) is 3.09. The summed E-state index contributed by atoms with van der Waals surface area (Å²) in [5.41, 5.74) is 0.826. The third-order valence-corrected chi connectivity index (χ3v) is 4.80. The summed E-state index contributed by atoms with van der Waals surface area (Å²) in [7, 11) is 1.54. The number of nitrogens with zero attached hydrogens (tertiary/aromatic N) is 2. The number of aromatic nitrogens is 2. The van der Waals surface area contributed by atoms with Crippen molar-refractivity contribution in [1.82, 2.24) is 9.97 Å². The van der Waals surface area contributed by atoms with Gasteiger partial charge in [-0.3, -0.25) is 4.79 Å². The zero-order valence-corrected chi connectivity index (χ0v) is 15.6. The van der Waals surface area contributed by atoms with Crippen LogP contribution in [0.1, 0.15) is 49.0 Å². The highest BCUT2D eigenvalue weighted by Crippen LogP contribution is 2.27. The minimum Gasteiger partial charge on any atom is -0.495 e. The molecule has 0 saturated heterocycles. The Morgan fingerprint density at radius 3 is 2.54 bits per heavy atom. The maximum Gasteiger partial charge on any atom is 0.275 e. The third-order valence-electron chi connectivity index (χ3n) is 4.50. The summed E-state index contributed by atoms with van der Waals surface area (Å²) in [6.45, 7) is 0. The highest BCUT2D eigenvalue weighted by Gasteiger charge is 2.14. The minimum atomic E-state index is -0.334. The second kappa shape index (κ2) is 8.85. The zero-order valence-electron chi connectivity index (χ0n) is 14.8. The molecule has 1 aliphatic rings. The van der Waals surface area contributed by atoms with Gasteiger partial charge < -0.3 is 15.4 Å². The quantitative estimate of drug-likeness (QED) is 0.752. The Balaban J connectivity index is 1.60. The molecule has 0 bridgehead atoms. The van der Waals surface area contributed by atoms with Gasteiger partial charge in [0, 0.05) is 11.7 Å². The zero-order chi connectivity index (χ0) is 18.4. The summed E-state index contributed by atoms with van der Waals surface area (Å²) < 4.78 is 5.10. The topological polar surface area (TPSA) is 76.1 Å². The van der Waals surface area contributed by atoms with Crippen LogP contribution in [0.2, 0.25) is 5.02 Å². The molecule has 1 aromatic carbocycles. The molecule has 26 heavy (non-hydrogen) atoms. The van der Waals surface area contributed by atoms with Gasteiger partial charge in [0.05, 0.1) is 24.5 Å². The van der Waals surface area contributed by atoms with Gasteiger partial charge in [0.15, 0.2) is 0 Å². The molecule has 1 aliphatic carbocycles. The molecule has 0 unspecified atom stereocenters. The molecule has 0 aliphatic heterocycles. The largest absolute Gasteiger partial charge is 0.495 e. The normalized spacial score (nSPS) is 15.2. The van der Waals surface area contributed by atoms with Crippen molar-refractivity contribution < 1.29 is 9.53 Å². The van der Waals surface area contributed by atoms with Crippen LogP contribution in [0.15, 0.2) is 30.6 Å². The summed E-state index contributed by atoms with van der Waals surface area (Å²) in [6, 6.07) is 5.49. The number of rotatable bonds is 5. The molecule has 1 fully saturated rings. The van der Waals surface area contributed by atoms with E-state index in [0.29, 0.717) is 28.3 Å². The van der Waals surface area contributed by atoms with Crippen LogP contribution in [-0.2, 0) is 0 Å². The van der Waals surface area contributed by atoms with Crippen molar-refractivity contribution in [1.29, 1.82) is 0 Å². The fourth-order valence-corrected chi connectivity index (χ4v) is 3.35. The monoisotopic (exact) mass is 374 g/mol. The molecule has 2 aromatic rings. The maximum atomic E-state index is 12.3. The second-order valence-electron chi connectivity index (χ2n) is 6.42. The van der Waals surface area contributed by atoms with Gasteiger partial charge in [-0.25, -0.2) is 9.97 Å². The molecule has 138 valence electrons. The van der Waals surface area contributed by atoms with Crippen molar-refractivity contribution in [3.63, 3.8) is 0 Å². The molecule has 2 N–H and O–H groups in total. The smallest absolute Gasteiger partial charge is 0.275 e. The molecule has 0 radical (unpaired) electrons. The predicted molar refractivity (Wildman–Crippen MR) is 103 cm³/mol. The van der Waals surface area contributed by atoms with Gasteiger partial charge in [-0.05, 0) is 31.0 Å². The number of hydrogen-bond donors (Lipinski definition) is 2. The highest BCUT2D eigenvalue weighted by atomic mass is 35.5. The van der Waals surface area contributed by atoms with Crippen LogP contribution in [0.4, 0.5) is 11.5 Å². The van der Waals surface area contributed by atoms with E-state index in [9.17, 15) is 4.79 Å². The molecule has 7 heteroatoms. The summed E-state index contributed by atoms with van der Waals surface area (Å²) in [4.78, 5) is 20.9. The van der Waals surface area contributed by atoms with Gasteiger partial charge in [0.25, 0.3) is 5.91 Å². The molecular formula is C19H23ClN4O2. The van der Waals surface area contributed by atoms with Gasteiger partial charge in [0.1, 0.15) is 17.3 Å². The molecule has 0 spiro atoms. The molecular weight excluding hydrogens is 352 g/mol. The number of benzene rings is 1. The van der Waals surface area contributed by atoms with Gasteiger partial charge in [-0.15, -0.1) is 0 Å². The SMILES string of the molecule is COc1ccc(NC(=O)c2cnc(NC3CCCCCC3)cn2)cc1Cl. The average Bonchev–Trinajstić information content (AvgIpc) is 2.91. The first-order valence-corrected chi connectivity index (χ1v) is 9.27. The first-order chi connectivity index (χ1) is 12.7. The Bertz CT molecular complexity index is 744. The van der Waals surface area contributed by atoms with E-state index in [2.05, 4.69) is 20.6 Å². The molecule has 1 saturated carbocycles. The lowest BCUT2D eigenvalue weighted by Gasteiger charge is -2.16. The van der Waals surface area contributed by atoms with Crippen LogP contribution in [0.5, 0.6) is 5.75 Å². The van der Waals surface area contributed by atoms with E-state index in [-0.39, 0.29) is 11.6 Å². The summed E-state index contributed by atoms with van der Waals surface area (Å²) in [5.74, 6) is 0.930. The molecule has 1 aromatic heterocycles. The third kappa shape index (κ3) is 4.85. The van der Waals surface area contributed by atoms with Crippen molar-refractivity contribution in [3.05, 3.63) is 41.3 Å². The number of methoxy groups -OCH3 is 1. The number of carbonyl (C=O) groups excluding carboxylic acids is 1. The van der Waals surface area contributed by atoms with Gasteiger partial charge in [0.2, 0.25) is 0 Å². The van der Waals surface area contributed by atoms with E-state index in [4.69, 9.17) is 16.3 Å². The average molecular weight is 375 g/mol. The van der Waals surface area contributed by atoms with Crippen LogP contribution in [0.3, 0.4) is 0 Å². The van der Waals surface area contributed by atoms with Crippen molar-refractivity contribution in [2.75, 3.05) is 17.7 Å². The second-order valence-corrected chi connectivity index (χ2v) is 6.83. The molecule has 0 atom stereocenters. The number of amides is 1. The molecule has 6 nitrogen and oxygen atoms in total. The van der Waals surface area contributed by atoms with Gasteiger partial charge in [-0.2, -0.15) is 0 Å². The van der Waals surface area contributed by atoms with Crippen LogP contribution in [-0.4, -0.2) is 29.0 Å². The van der Waals surface area contributed by atoms with Crippen LogP contribution >= 0.6 is 11.6 Å². The van der Waals surface area contributed by atoms with E-state index < -0.39 is 0 Å². The van der Waals surface area contributed by atoms with Crippen LogP contribution in [0, 0.1) is 0 Å².